The second kappa shape index (κ2) is 7.05. The van der Waals surface area contributed by atoms with Gasteiger partial charge >= 0.3 is 0 Å². The van der Waals surface area contributed by atoms with Crippen molar-refractivity contribution in [1.82, 2.24) is 34.7 Å². The molecule has 1 saturated heterocycles. The third-order valence-electron chi connectivity index (χ3n) is 6.36. The minimum absolute atomic E-state index is 0.172. The molecule has 33 heavy (non-hydrogen) atoms. The maximum absolute atomic E-state index is 14.0. The largest absolute Gasteiger partial charge is 0.360 e. The molecular weight excluding hydrogens is 426 g/mol. The van der Waals surface area contributed by atoms with Gasteiger partial charge in [-0.1, -0.05) is 19.9 Å². The number of alkyl halides is 2. The highest BCUT2D eigenvalue weighted by atomic mass is 19.3. The Kier molecular flexibility index (Phi) is 4.32. The summed E-state index contributed by atoms with van der Waals surface area (Å²) in [4.78, 5) is 9.03. The molecule has 0 amide bonds. The quantitative estimate of drug-likeness (QED) is 0.497. The van der Waals surface area contributed by atoms with Crippen LogP contribution in [0.2, 0.25) is 0 Å². The zero-order valence-corrected chi connectivity index (χ0v) is 18.4. The van der Waals surface area contributed by atoms with Crippen molar-refractivity contribution in [3.05, 3.63) is 48.4 Å². The lowest BCUT2D eigenvalue weighted by atomic mass is 9.90. The average molecular weight is 450 g/mol. The van der Waals surface area contributed by atoms with Gasteiger partial charge in [0.2, 0.25) is 0 Å². The number of anilines is 1. The third kappa shape index (κ3) is 3.45. The SMILES string of the molecule is CC1(C)Cc2c(-c3ccc4ncc(-c5cccc(NC6CNCC6(F)F)n5)n4n3)cnn2C1. The fraction of sp³-hybridized carbons (Fsp3) is 0.391. The summed E-state index contributed by atoms with van der Waals surface area (Å²) in [6.07, 6.45) is 4.51. The van der Waals surface area contributed by atoms with Crippen molar-refractivity contribution in [3.8, 4) is 22.6 Å². The van der Waals surface area contributed by atoms with Crippen molar-refractivity contribution in [3.63, 3.8) is 0 Å². The topological polar surface area (TPSA) is 85.0 Å². The molecule has 0 aliphatic carbocycles. The summed E-state index contributed by atoms with van der Waals surface area (Å²) in [5, 5.41) is 15.0. The van der Waals surface area contributed by atoms with E-state index in [1.165, 1.54) is 5.69 Å². The highest BCUT2D eigenvalue weighted by Crippen LogP contribution is 2.36. The Labute approximate surface area is 189 Å². The van der Waals surface area contributed by atoms with Crippen LogP contribution < -0.4 is 10.6 Å². The van der Waals surface area contributed by atoms with Crippen molar-refractivity contribution in [2.75, 3.05) is 18.4 Å². The Balaban J connectivity index is 1.36. The zero-order valence-electron chi connectivity index (χ0n) is 18.4. The number of rotatable bonds is 4. The minimum Gasteiger partial charge on any atom is -0.360 e. The second-order valence-electron chi connectivity index (χ2n) is 9.63. The first-order valence-corrected chi connectivity index (χ1v) is 11.0. The van der Waals surface area contributed by atoms with Crippen LogP contribution in [-0.2, 0) is 13.0 Å². The van der Waals surface area contributed by atoms with Crippen molar-refractivity contribution < 1.29 is 8.78 Å². The van der Waals surface area contributed by atoms with Crippen molar-refractivity contribution in [1.29, 1.82) is 0 Å². The summed E-state index contributed by atoms with van der Waals surface area (Å²) in [6.45, 7) is 5.22. The molecule has 170 valence electrons. The van der Waals surface area contributed by atoms with Crippen LogP contribution in [-0.4, -0.2) is 54.4 Å². The summed E-state index contributed by atoms with van der Waals surface area (Å²) in [7, 11) is 0. The summed E-state index contributed by atoms with van der Waals surface area (Å²) in [5.74, 6) is -2.43. The number of nitrogens with one attached hydrogen (secondary N) is 2. The molecule has 0 aromatic carbocycles. The van der Waals surface area contributed by atoms with Crippen LogP contribution in [0.5, 0.6) is 0 Å². The van der Waals surface area contributed by atoms with E-state index >= 15 is 0 Å². The lowest BCUT2D eigenvalue weighted by Crippen LogP contribution is -2.38. The predicted octanol–water partition coefficient (Wildman–Crippen LogP) is 3.26. The maximum Gasteiger partial charge on any atom is 0.281 e. The number of fused-ring (bicyclic) bond motifs is 2. The summed E-state index contributed by atoms with van der Waals surface area (Å²) < 4.78 is 31.8. The molecule has 1 atom stereocenters. The lowest BCUT2D eigenvalue weighted by molar-refractivity contribution is 0.0138. The number of hydrogen-bond acceptors (Lipinski definition) is 6. The van der Waals surface area contributed by atoms with Gasteiger partial charge in [-0.3, -0.25) is 4.68 Å². The number of halogens is 2. The fourth-order valence-electron chi connectivity index (χ4n) is 4.70. The molecule has 1 unspecified atom stereocenters. The molecule has 0 bridgehead atoms. The van der Waals surface area contributed by atoms with E-state index in [0.29, 0.717) is 22.9 Å². The number of nitrogens with zero attached hydrogens (tertiary/aromatic N) is 6. The van der Waals surface area contributed by atoms with Crippen LogP contribution in [0.4, 0.5) is 14.6 Å². The molecule has 6 heterocycles. The van der Waals surface area contributed by atoms with E-state index in [-0.39, 0.29) is 18.5 Å². The highest BCUT2D eigenvalue weighted by molar-refractivity contribution is 5.66. The Morgan fingerprint density at radius 3 is 2.82 bits per heavy atom. The summed E-state index contributed by atoms with van der Waals surface area (Å²) in [6, 6.07) is 8.19. The molecule has 4 aromatic heterocycles. The molecule has 2 aliphatic rings. The van der Waals surface area contributed by atoms with Crippen molar-refractivity contribution in [2.24, 2.45) is 5.41 Å². The normalized spacial score (nSPS) is 20.9. The van der Waals surface area contributed by atoms with E-state index in [0.717, 1.165) is 24.2 Å². The van der Waals surface area contributed by atoms with Crippen LogP contribution in [0, 0.1) is 5.41 Å². The van der Waals surface area contributed by atoms with Crippen LogP contribution in [0.15, 0.2) is 42.7 Å². The Bertz CT molecular complexity index is 1360. The van der Waals surface area contributed by atoms with Crippen LogP contribution in [0.25, 0.3) is 28.3 Å². The second-order valence-corrected chi connectivity index (χ2v) is 9.63. The fourth-order valence-corrected chi connectivity index (χ4v) is 4.70. The Hall–Kier alpha value is -3.40. The minimum atomic E-state index is -2.82. The smallest absolute Gasteiger partial charge is 0.281 e. The molecule has 2 aliphatic heterocycles. The third-order valence-corrected chi connectivity index (χ3v) is 6.36. The summed E-state index contributed by atoms with van der Waals surface area (Å²) >= 11 is 0. The number of imidazole rings is 1. The molecule has 4 aromatic rings. The van der Waals surface area contributed by atoms with Gasteiger partial charge in [0, 0.05) is 24.3 Å². The van der Waals surface area contributed by atoms with Gasteiger partial charge in [-0.2, -0.15) is 10.2 Å². The molecule has 6 rings (SSSR count). The van der Waals surface area contributed by atoms with Crippen LogP contribution in [0.1, 0.15) is 19.5 Å². The van der Waals surface area contributed by atoms with Gasteiger partial charge in [-0.25, -0.2) is 23.3 Å². The maximum atomic E-state index is 14.0. The molecular formula is C23H24F2N8. The van der Waals surface area contributed by atoms with Gasteiger partial charge < -0.3 is 10.6 Å². The van der Waals surface area contributed by atoms with E-state index in [1.54, 1.807) is 22.8 Å². The first-order valence-electron chi connectivity index (χ1n) is 11.0. The van der Waals surface area contributed by atoms with E-state index in [1.807, 2.05) is 24.4 Å². The van der Waals surface area contributed by atoms with Crippen molar-refractivity contribution in [2.45, 2.75) is 38.8 Å². The first-order chi connectivity index (χ1) is 15.8. The lowest BCUT2D eigenvalue weighted by Gasteiger charge is -2.19. The molecule has 8 nitrogen and oxygen atoms in total. The number of hydrogen-bond donors (Lipinski definition) is 2. The number of pyridine rings is 1. The summed E-state index contributed by atoms with van der Waals surface area (Å²) in [5.41, 5.74) is 5.16. The first kappa shape index (κ1) is 20.2. The molecule has 1 fully saturated rings. The predicted molar refractivity (Wildman–Crippen MR) is 120 cm³/mol. The standard InChI is InChI=1S/C23H24F2N8/c1-22(2)8-17-14(9-28-32(17)13-22)15-6-7-21-27-10-18(33(21)31-15)16-4-3-5-20(29-16)30-19-11-26-12-23(19,24)25/h3-7,9-10,19,26H,8,11-13H2,1-2H3,(H,29,30). The van der Waals surface area contributed by atoms with Gasteiger partial charge in [0.1, 0.15) is 17.6 Å². The molecule has 2 N–H and O–H groups in total. The van der Waals surface area contributed by atoms with Gasteiger partial charge in [0.25, 0.3) is 5.92 Å². The molecule has 0 saturated carbocycles. The van der Waals surface area contributed by atoms with E-state index in [9.17, 15) is 8.78 Å². The number of aromatic nitrogens is 6. The monoisotopic (exact) mass is 450 g/mol. The van der Waals surface area contributed by atoms with E-state index in [4.69, 9.17) is 5.10 Å². The molecule has 0 radical (unpaired) electrons. The van der Waals surface area contributed by atoms with Gasteiger partial charge in [0.15, 0.2) is 5.65 Å². The van der Waals surface area contributed by atoms with Crippen molar-refractivity contribution >= 4 is 11.5 Å². The Morgan fingerprint density at radius 2 is 2.00 bits per heavy atom. The van der Waals surface area contributed by atoms with Gasteiger partial charge in [0.05, 0.1) is 30.3 Å². The molecule has 10 heteroatoms. The van der Waals surface area contributed by atoms with E-state index < -0.39 is 12.0 Å². The van der Waals surface area contributed by atoms with E-state index in [2.05, 4.69) is 44.2 Å². The van der Waals surface area contributed by atoms with Crippen LogP contribution in [0.3, 0.4) is 0 Å². The zero-order chi connectivity index (χ0) is 22.8. The highest BCUT2D eigenvalue weighted by Gasteiger charge is 2.44. The Morgan fingerprint density at radius 1 is 1.12 bits per heavy atom. The molecule has 0 spiro atoms. The van der Waals surface area contributed by atoms with Crippen LogP contribution >= 0.6 is 0 Å². The van der Waals surface area contributed by atoms with Gasteiger partial charge in [-0.05, 0) is 36.1 Å². The van der Waals surface area contributed by atoms with Gasteiger partial charge in [-0.15, -0.1) is 0 Å². The average Bonchev–Trinajstić information content (AvgIpc) is 3.50.